The van der Waals surface area contributed by atoms with Crippen LogP contribution in [0.2, 0.25) is 0 Å². The third kappa shape index (κ3) is 4.59. The minimum absolute atomic E-state index is 0.0240. The summed E-state index contributed by atoms with van der Waals surface area (Å²) >= 11 is 0. The number of carbonyl (C=O) groups excluding carboxylic acids is 1. The van der Waals surface area contributed by atoms with Crippen LogP contribution in [0.4, 0.5) is 10.5 Å². The molecule has 2 saturated heterocycles. The summed E-state index contributed by atoms with van der Waals surface area (Å²) in [5.41, 5.74) is 1.74. The van der Waals surface area contributed by atoms with Gasteiger partial charge in [-0.15, -0.1) is 5.10 Å². The number of fused-ring (bicyclic) bond motifs is 1. The normalized spacial score (nSPS) is 27.8. The van der Waals surface area contributed by atoms with E-state index in [9.17, 15) is 4.79 Å². The monoisotopic (exact) mass is 441 g/mol. The van der Waals surface area contributed by atoms with Crippen LogP contribution in [0.25, 0.3) is 0 Å². The molecule has 1 aliphatic carbocycles. The van der Waals surface area contributed by atoms with Crippen LogP contribution in [-0.4, -0.2) is 59.6 Å². The van der Waals surface area contributed by atoms with Gasteiger partial charge in [0.2, 0.25) is 0 Å². The molecule has 1 saturated carbocycles. The van der Waals surface area contributed by atoms with E-state index in [4.69, 9.17) is 14.2 Å². The average molecular weight is 442 g/mol. The molecule has 2 aliphatic heterocycles. The van der Waals surface area contributed by atoms with Crippen molar-refractivity contribution in [1.82, 2.24) is 20.3 Å². The molecule has 5 rings (SSSR count). The molecule has 32 heavy (non-hydrogen) atoms. The van der Waals surface area contributed by atoms with Crippen molar-refractivity contribution >= 4 is 11.7 Å². The maximum absolute atomic E-state index is 12.5. The second kappa shape index (κ2) is 9.46. The number of nitrogens with one attached hydrogen (secondary N) is 2. The lowest BCUT2D eigenvalue weighted by Gasteiger charge is -2.20. The molecule has 1 aromatic carbocycles. The molecule has 2 N–H and O–H groups in total. The number of hydrogen-bond acceptors (Lipinski definition) is 6. The Labute approximate surface area is 187 Å². The van der Waals surface area contributed by atoms with E-state index in [1.807, 2.05) is 10.9 Å². The van der Waals surface area contributed by atoms with E-state index in [0.717, 1.165) is 23.8 Å². The van der Waals surface area contributed by atoms with Gasteiger partial charge in [0.05, 0.1) is 32.1 Å². The van der Waals surface area contributed by atoms with E-state index in [1.54, 1.807) is 31.4 Å². The predicted octanol–water partition coefficient (Wildman–Crippen LogP) is 2.94. The molecule has 172 valence electrons. The Morgan fingerprint density at radius 1 is 1.12 bits per heavy atom. The molecule has 9 heteroatoms. The first-order chi connectivity index (χ1) is 15.7. The highest BCUT2D eigenvalue weighted by Gasteiger charge is 2.49. The fourth-order valence-electron chi connectivity index (χ4n) is 5.10. The third-order valence-electron chi connectivity index (χ3n) is 6.81. The van der Waals surface area contributed by atoms with Gasteiger partial charge in [-0.25, -0.2) is 9.48 Å². The van der Waals surface area contributed by atoms with Crippen molar-refractivity contribution < 1.29 is 19.0 Å². The number of methoxy groups -OCH3 is 1. The molecule has 3 fully saturated rings. The molecule has 0 radical (unpaired) electrons. The number of nitrogens with zero attached hydrogens (tertiary/aromatic N) is 3. The summed E-state index contributed by atoms with van der Waals surface area (Å²) in [5, 5.41) is 14.6. The molecule has 9 nitrogen and oxygen atoms in total. The van der Waals surface area contributed by atoms with Gasteiger partial charge < -0.3 is 24.8 Å². The number of ether oxygens (including phenoxy) is 3. The van der Waals surface area contributed by atoms with Gasteiger partial charge in [0.1, 0.15) is 24.0 Å². The topological polar surface area (TPSA) is 99.5 Å². The first kappa shape index (κ1) is 21.2. The maximum Gasteiger partial charge on any atom is 0.319 e. The summed E-state index contributed by atoms with van der Waals surface area (Å²) in [6.45, 7) is 0.908. The van der Waals surface area contributed by atoms with Crippen LogP contribution in [0.5, 0.6) is 5.75 Å². The number of rotatable bonds is 6. The lowest BCUT2D eigenvalue weighted by atomic mass is 9.86. The number of benzene rings is 1. The van der Waals surface area contributed by atoms with Gasteiger partial charge in [0, 0.05) is 11.9 Å². The Kier molecular flexibility index (Phi) is 6.27. The van der Waals surface area contributed by atoms with Crippen molar-refractivity contribution in [3.05, 3.63) is 36.2 Å². The summed E-state index contributed by atoms with van der Waals surface area (Å²) in [6, 6.07) is 6.67. The Morgan fingerprint density at radius 3 is 2.69 bits per heavy atom. The SMILES string of the molecule is COc1ccc(NC(=O)NC2COC3C2OCC3n2cc(CC3CCCCC3)nn2)cc1. The van der Waals surface area contributed by atoms with Gasteiger partial charge in [0.25, 0.3) is 0 Å². The van der Waals surface area contributed by atoms with Gasteiger partial charge >= 0.3 is 6.03 Å². The standard InChI is InChI=1S/C23H31N5O4/c1-30-18-9-7-16(8-10-18)24-23(29)25-19-13-31-22-20(14-32-21(19)22)28-12-17(26-27-28)11-15-5-3-2-4-6-15/h7-10,12,15,19-22H,2-6,11,13-14H2,1H3,(H2,24,25,29). The Balaban J connectivity index is 1.15. The van der Waals surface area contributed by atoms with E-state index < -0.39 is 0 Å². The van der Waals surface area contributed by atoms with Gasteiger partial charge in [-0.05, 0) is 36.6 Å². The molecule has 2 amide bonds. The fraction of sp³-hybridized carbons (Fsp3) is 0.609. The smallest absolute Gasteiger partial charge is 0.319 e. The highest BCUT2D eigenvalue weighted by atomic mass is 16.6. The zero-order valence-electron chi connectivity index (χ0n) is 18.4. The van der Waals surface area contributed by atoms with Gasteiger partial charge in [-0.2, -0.15) is 0 Å². The molecule has 1 aromatic heterocycles. The van der Waals surface area contributed by atoms with Crippen molar-refractivity contribution in [2.24, 2.45) is 5.92 Å². The third-order valence-corrected chi connectivity index (χ3v) is 6.81. The molecule has 3 aliphatic rings. The maximum atomic E-state index is 12.5. The summed E-state index contributed by atoms with van der Waals surface area (Å²) in [4.78, 5) is 12.5. The highest BCUT2D eigenvalue weighted by molar-refractivity contribution is 5.89. The van der Waals surface area contributed by atoms with Crippen LogP contribution in [0.1, 0.15) is 43.8 Å². The van der Waals surface area contributed by atoms with Gasteiger partial charge in [-0.3, -0.25) is 0 Å². The second-order valence-electron chi connectivity index (χ2n) is 8.99. The van der Waals surface area contributed by atoms with Crippen LogP contribution in [0.15, 0.2) is 30.5 Å². The van der Waals surface area contributed by atoms with Crippen molar-refractivity contribution in [2.75, 3.05) is 25.6 Å². The van der Waals surface area contributed by atoms with Crippen LogP contribution in [0, 0.1) is 5.92 Å². The lowest BCUT2D eigenvalue weighted by molar-refractivity contribution is 0.0622. The first-order valence-electron chi connectivity index (χ1n) is 11.5. The summed E-state index contributed by atoms with van der Waals surface area (Å²) in [5.74, 6) is 1.46. The predicted molar refractivity (Wildman–Crippen MR) is 118 cm³/mol. The number of hydrogen-bond donors (Lipinski definition) is 2. The average Bonchev–Trinajstić information content (AvgIpc) is 3.53. The highest BCUT2D eigenvalue weighted by Crippen LogP contribution is 2.34. The summed E-state index contributed by atoms with van der Waals surface area (Å²) in [7, 11) is 1.61. The Bertz CT molecular complexity index is 911. The van der Waals surface area contributed by atoms with Crippen molar-refractivity contribution in [3.8, 4) is 5.75 Å². The second-order valence-corrected chi connectivity index (χ2v) is 8.99. The molecule has 0 spiro atoms. The molecule has 0 bridgehead atoms. The zero-order chi connectivity index (χ0) is 21.9. The number of carbonyl (C=O) groups is 1. The van der Waals surface area contributed by atoms with Crippen LogP contribution in [0.3, 0.4) is 0 Å². The van der Waals surface area contributed by atoms with Crippen LogP contribution >= 0.6 is 0 Å². The largest absolute Gasteiger partial charge is 0.497 e. The summed E-state index contributed by atoms with van der Waals surface area (Å²) < 4.78 is 19.1. The molecular weight excluding hydrogens is 410 g/mol. The molecule has 4 atom stereocenters. The lowest BCUT2D eigenvalue weighted by Crippen LogP contribution is -2.45. The number of amides is 2. The van der Waals surface area contributed by atoms with Gasteiger partial charge in [-0.1, -0.05) is 37.3 Å². The minimum Gasteiger partial charge on any atom is -0.497 e. The van der Waals surface area contributed by atoms with Crippen molar-refractivity contribution in [3.63, 3.8) is 0 Å². The fourth-order valence-corrected chi connectivity index (χ4v) is 5.10. The summed E-state index contributed by atoms with van der Waals surface area (Å²) in [6.07, 6.45) is 9.29. The number of aromatic nitrogens is 3. The van der Waals surface area contributed by atoms with Crippen molar-refractivity contribution in [2.45, 2.75) is 62.8 Å². The quantitative estimate of drug-likeness (QED) is 0.715. The number of urea groups is 1. The molecular formula is C23H31N5O4. The Morgan fingerprint density at radius 2 is 1.91 bits per heavy atom. The van der Waals surface area contributed by atoms with E-state index in [2.05, 4.69) is 20.9 Å². The minimum atomic E-state index is -0.285. The van der Waals surface area contributed by atoms with E-state index in [0.29, 0.717) is 18.9 Å². The van der Waals surface area contributed by atoms with Crippen LogP contribution < -0.4 is 15.4 Å². The first-order valence-corrected chi connectivity index (χ1v) is 11.5. The van der Waals surface area contributed by atoms with E-state index in [-0.39, 0.29) is 30.3 Å². The zero-order valence-corrected chi connectivity index (χ0v) is 18.4. The van der Waals surface area contributed by atoms with Gasteiger partial charge in [0.15, 0.2) is 0 Å². The van der Waals surface area contributed by atoms with Crippen LogP contribution in [-0.2, 0) is 15.9 Å². The van der Waals surface area contributed by atoms with Crippen molar-refractivity contribution in [1.29, 1.82) is 0 Å². The molecule has 2 aromatic rings. The van der Waals surface area contributed by atoms with E-state index in [1.165, 1.54) is 32.1 Å². The Hall–Kier alpha value is -2.65. The number of anilines is 1. The molecule has 4 unspecified atom stereocenters. The molecule has 3 heterocycles. The van der Waals surface area contributed by atoms with E-state index >= 15 is 0 Å².